The van der Waals surface area contributed by atoms with Crippen molar-refractivity contribution in [2.24, 2.45) is 0 Å². The first-order chi connectivity index (χ1) is 10.1. The number of aliphatic hydroxyl groups is 2. The summed E-state index contributed by atoms with van der Waals surface area (Å²) in [5.74, 6) is 0.322. The summed E-state index contributed by atoms with van der Waals surface area (Å²) in [6.45, 7) is -0.346. The molecule has 1 saturated heterocycles. The van der Waals surface area contributed by atoms with E-state index in [1.54, 1.807) is 12.1 Å². The second-order valence-electron chi connectivity index (χ2n) is 4.80. The Kier molecular flexibility index (Phi) is 3.50. The third kappa shape index (κ3) is 2.44. The van der Waals surface area contributed by atoms with E-state index in [1.165, 1.54) is 17.0 Å². The van der Waals surface area contributed by atoms with Crippen LogP contribution < -0.4 is 11.2 Å². The van der Waals surface area contributed by atoms with Gasteiger partial charge in [-0.05, 0) is 12.1 Å². The van der Waals surface area contributed by atoms with Crippen LogP contribution in [0.3, 0.4) is 0 Å². The van der Waals surface area contributed by atoms with Gasteiger partial charge in [0, 0.05) is 12.6 Å². The Morgan fingerprint density at radius 1 is 1.43 bits per heavy atom. The van der Waals surface area contributed by atoms with Crippen molar-refractivity contribution in [1.82, 2.24) is 9.55 Å². The van der Waals surface area contributed by atoms with Crippen molar-refractivity contribution in [1.29, 1.82) is 0 Å². The van der Waals surface area contributed by atoms with Crippen LogP contribution in [0.4, 0.5) is 0 Å². The van der Waals surface area contributed by atoms with E-state index in [-0.39, 0.29) is 18.6 Å². The van der Waals surface area contributed by atoms with Gasteiger partial charge in [-0.25, -0.2) is 4.79 Å². The molecule has 3 heterocycles. The highest BCUT2D eigenvalue weighted by atomic mass is 16.5. The number of aromatic nitrogens is 2. The lowest BCUT2D eigenvalue weighted by Crippen LogP contribution is -2.33. The summed E-state index contributed by atoms with van der Waals surface area (Å²) in [5, 5.41) is 18.8. The largest absolute Gasteiger partial charge is 0.464 e. The van der Waals surface area contributed by atoms with Crippen molar-refractivity contribution in [3.63, 3.8) is 0 Å². The Labute approximate surface area is 118 Å². The molecule has 2 aromatic heterocycles. The fourth-order valence-corrected chi connectivity index (χ4v) is 2.36. The molecule has 0 aliphatic carbocycles. The first-order valence-corrected chi connectivity index (χ1v) is 6.44. The van der Waals surface area contributed by atoms with Crippen LogP contribution in [0.2, 0.25) is 0 Å². The van der Waals surface area contributed by atoms with Gasteiger partial charge >= 0.3 is 5.69 Å². The van der Waals surface area contributed by atoms with E-state index >= 15 is 0 Å². The van der Waals surface area contributed by atoms with Gasteiger partial charge in [0.2, 0.25) is 0 Å². The summed E-state index contributed by atoms with van der Waals surface area (Å²) < 4.78 is 11.7. The number of hydrogen-bond donors (Lipinski definition) is 3. The minimum Gasteiger partial charge on any atom is -0.464 e. The molecule has 0 saturated carbocycles. The SMILES string of the molecule is O=c1[nH]c(=O)n([C@H]2C[C@@H](O)[C@@H](CO)O2)cc1-c1ccco1. The molecule has 8 nitrogen and oxygen atoms in total. The summed E-state index contributed by atoms with van der Waals surface area (Å²) in [6, 6.07) is 3.22. The Bertz CT molecular complexity index is 732. The van der Waals surface area contributed by atoms with Gasteiger partial charge < -0.3 is 19.4 Å². The van der Waals surface area contributed by atoms with E-state index in [0.29, 0.717) is 5.76 Å². The zero-order chi connectivity index (χ0) is 15.0. The monoisotopic (exact) mass is 294 g/mol. The number of ether oxygens (including phenoxy) is 1. The first-order valence-electron chi connectivity index (χ1n) is 6.44. The number of furan rings is 1. The predicted molar refractivity (Wildman–Crippen MR) is 70.6 cm³/mol. The van der Waals surface area contributed by atoms with Crippen LogP contribution in [0.1, 0.15) is 12.6 Å². The molecule has 3 atom stereocenters. The van der Waals surface area contributed by atoms with Crippen molar-refractivity contribution >= 4 is 0 Å². The van der Waals surface area contributed by atoms with Gasteiger partial charge in [0.15, 0.2) is 0 Å². The number of nitrogens with one attached hydrogen (secondary N) is 1. The van der Waals surface area contributed by atoms with Crippen LogP contribution in [0.15, 0.2) is 38.6 Å². The first kappa shape index (κ1) is 13.8. The molecule has 0 bridgehead atoms. The molecule has 1 aliphatic rings. The highest BCUT2D eigenvalue weighted by Crippen LogP contribution is 2.28. The van der Waals surface area contributed by atoms with Crippen LogP contribution in [-0.2, 0) is 4.74 Å². The zero-order valence-corrected chi connectivity index (χ0v) is 10.9. The van der Waals surface area contributed by atoms with Crippen LogP contribution >= 0.6 is 0 Å². The highest BCUT2D eigenvalue weighted by molar-refractivity contribution is 5.54. The third-order valence-corrected chi connectivity index (χ3v) is 3.45. The Morgan fingerprint density at radius 2 is 2.24 bits per heavy atom. The minimum absolute atomic E-state index is 0.148. The van der Waals surface area contributed by atoms with Gasteiger partial charge in [-0.15, -0.1) is 0 Å². The lowest BCUT2D eigenvalue weighted by molar-refractivity contribution is -0.0458. The second-order valence-corrected chi connectivity index (χ2v) is 4.80. The highest BCUT2D eigenvalue weighted by Gasteiger charge is 2.35. The van der Waals surface area contributed by atoms with E-state index < -0.39 is 29.7 Å². The molecule has 3 rings (SSSR count). The van der Waals surface area contributed by atoms with Gasteiger partial charge in [-0.2, -0.15) is 0 Å². The molecule has 0 unspecified atom stereocenters. The van der Waals surface area contributed by atoms with Gasteiger partial charge in [0.1, 0.15) is 18.1 Å². The molecule has 21 heavy (non-hydrogen) atoms. The summed E-state index contributed by atoms with van der Waals surface area (Å²) >= 11 is 0. The summed E-state index contributed by atoms with van der Waals surface area (Å²) in [4.78, 5) is 25.9. The van der Waals surface area contributed by atoms with E-state index in [4.69, 9.17) is 14.3 Å². The standard InChI is InChI=1S/C13H14N2O6/c16-6-10-8(17)4-11(21-10)15-5-7(9-2-1-3-20-9)12(18)14-13(15)19/h1-3,5,8,10-11,16-17H,4,6H2,(H,14,18,19)/t8-,10-,11-/m1/s1. The number of hydrogen-bond acceptors (Lipinski definition) is 6. The molecule has 0 spiro atoms. The number of nitrogens with zero attached hydrogens (tertiary/aromatic N) is 1. The molecular formula is C13H14N2O6. The maximum Gasteiger partial charge on any atom is 0.330 e. The Hall–Kier alpha value is -2.16. The van der Waals surface area contributed by atoms with Gasteiger partial charge in [-0.3, -0.25) is 14.3 Å². The molecule has 8 heteroatoms. The molecule has 2 aromatic rings. The predicted octanol–water partition coefficient (Wildman–Crippen LogP) is -0.563. The topological polar surface area (TPSA) is 118 Å². The van der Waals surface area contributed by atoms with Crippen molar-refractivity contribution in [2.45, 2.75) is 24.9 Å². The number of aromatic amines is 1. The number of H-pyrrole nitrogens is 1. The van der Waals surface area contributed by atoms with Crippen molar-refractivity contribution in [3.8, 4) is 11.3 Å². The summed E-state index contributed by atoms with van der Waals surface area (Å²) in [5.41, 5.74) is -1.03. The molecule has 0 amide bonds. The second kappa shape index (κ2) is 5.32. The lowest BCUT2D eigenvalue weighted by Gasteiger charge is -2.14. The van der Waals surface area contributed by atoms with Crippen LogP contribution in [-0.4, -0.2) is 38.6 Å². The van der Waals surface area contributed by atoms with E-state index in [1.807, 2.05) is 0 Å². The molecule has 112 valence electrons. The zero-order valence-electron chi connectivity index (χ0n) is 10.9. The fraction of sp³-hybridized carbons (Fsp3) is 0.385. The molecule has 3 N–H and O–H groups in total. The quantitative estimate of drug-likeness (QED) is 0.698. The van der Waals surface area contributed by atoms with Crippen molar-refractivity contribution in [2.75, 3.05) is 6.61 Å². The van der Waals surface area contributed by atoms with Crippen molar-refractivity contribution in [3.05, 3.63) is 45.4 Å². The van der Waals surface area contributed by atoms with Crippen LogP contribution in [0, 0.1) is 0 Å². The maximum absolute atomic E-state index is 11.9. The summed E-state index contributed by atoms with van der Waals surface area (Å²) in [7, 11) is 0. The fourth-order valence-electron chi connectivity index (χ4n) is 2.36. The smallest absolute Gasteiger partial charge is 0.330 e. The average Bonchev–Trinajstić information content (AvgIpc) is 3.08. The molecule has 0 aromatic carbocycles. The average molecular weight is 294 g/mol. The normalized spacial score (nSPS) is 25.3. The number of rotatable bonds is 3. The van der Waals surface area contributed by atoms with E-state index in [0.717, 1.165) is 0 Å². The third-order valence-electron chi connectivity index (χ3n) is 3.45. The van der Waals surface area contributed by atoms with E-state index in [2.05, 4.69) is 4.98 Å². The van der Waals surface area contributed by atoms with Crippen molar-refractivity contribution < 1.29 is 19.4 Å². The maximum atomic E-state index is 11.9. The Balaban J connectivity index is 2.02. The van der Waals surface area contributed by atoms with Crippen LogP contribution in [0.5, 0.6) is 0 Å². The van der Waals surface area contributed by atoms with Crippen LogP contribution in [0.25, 0.3) is 11.3 Å². The molecule has 1 aliphatic heterocycles. The minimum atomic E-state index is -0.870. The molecule has 1 fully saturated rings. The molecular weight excluding hydrogens is 280 g/mol. The van der Waals surface area contributed by atoms with E-state index in [9.17, 15) is 14.7 Å². The lowest BCUT2D eigenvalue weighted by atomic mass is 10.2. The molecule has 0 radical (unpaired) electrons. The summed E-state index contributed by atoms with van der Waals surface area (Å²) in [6.07, 6.45) is 0.523. The van der Waals surface area contributed by atoms with Gasteiger partial charge in [-0.1, -0.05) is 0 Å². The Morgan fingerprint density at radius 3 is 2.86 bits per heavy atom. The van der Waals surface area contributed by atoms with Gasteiger partial charge in [0.25, 0.3) is 5.56 Å². The number of aliphatic hydroxyl groups excluding tert-OH is 2. The van der Waals surface area contributed by atoms with Gasteiger partial charge in [0.05, 0.1) is 24.5 Å².